The zero-order valence-electron chi connectivity index (χ0n) is 15.6. The molecule has 0 radical (unpaired) electrons. The number of anilines is 1. The van der Waals surface area contributed by atoms with E-state index in [4.69, 9.17) is 0 Å². The van der Waals surface area contributed by atoms with Crippen molar-refractivity contribution in [3.05, 3.63) is 23.9 Å². The van der Waals surface area contributed by atoms with Crippen LogP contribution in [0, 0.1) is 5.92 Å². The van der Waals surface area contributed by atoms with E-state index in [1.165, 1.54) is 12.3 Å². The average molecular weight is 384 g/mol. The summed E-state index contributed by atoms with van der Waals surface area (Å²) in [6.45, 7) is 5.51. The van der Waals surface area contributed by atoms with Gasteiger partial charge in [-0.15, -0.1) is 0 Å². The number of hydrogen-bond donors (Lipinski definition) is 1. The number of piperidine rings is 1. The van der Waals surface area contributed by atoms with E-state index >= 15 is 0 Å². The molecule has 0 spiro atoms. The number of likely N-dealkylation sites (N-methyl/N-ethyl adjacent to an activating group) is 1. The number of aromatic nitrogens is 1. The highest BCUT2D eigenvalue weighted by Gasteiger charge is 2.37. The standard InChI is InChI=1S/C19H27F3N4O/c1-2-25-10-5-7-15(25)12-24-18(27)14-6-4-11-26(13-14)17-16(19(20,21)22)8-3-9-23-17/h3,8-9,14-15H,2,4-7,10-13H2,1H3,(H,24,27)/t14-,15+/m0/s1. The van der Waals surface area contributed by atoms with E-state index in [2.05, 4.69) is 22.1 Å². The van der Waals surface area contributed by atoms with Crippen LogP contribution in [-0.2, 0) is 11.0 Å². The van der Waals surface area contributed by atoms with Crippen LogP contribution in [0.4, 0.5) is 19.0 Å². The summed E-state index contributed by atoms with van der Waals surface area (Å²) < 4.78 is 39.8. The summed E-state index contributed by atoms with van der Waals surface area (Å²) in [5, 5.41) is 3.03. The number of carbonyl (C=O) groups excluding carboxylic acids is 1. The van der Waals surface area contributed by atoms with Crippen LogP contribution < -0.4 is 10.2 Å². The van der Waals surface area contributed by atoms with Gasteiger partial charge >= 0.3 is 6.18 Å². The molecular formula is C19H27F3N4O. The van der Waals surface area contributed by atoms with Crippen LogP contribution in [0.3, 0.4) is 0 Å². The van der Waals surface area contributed by atoms with Crippen LogP contribution in [0.5, 0.6) is 0 Å². The second-order valence-corrected chi connectivity index (χ2v) is 7.33. The maximum absolute atomic E-state index is 13.3. The summed E-state index contributed by atoms with van der Waals surface area (Å²) >= 11 is 0. The van der Waals surface area contributed by atoms with Crippen molar-refractivity contribution in [2.75, 3.05) is 37.6 Å². The van der Waals surface area contributed by atoms with Gasteiger partial charge in [-0.2, -0.15) is 13.2 Å². The molecule has 1 amide bonds. The van der Waals surface area contributed by atoms with Crippen molar-refractivity contribution in [3.8, 4) is 0 Å². The van der Waals surface area contributed by atoms with Gasteiger partial charge in [0, 0.05) is 31.9 Å². The molecule has 3 heterocycles. The van der Waals surface area contributed by atoms with Crippen molar-refractivity contribution in [2.24, 2.45) is 5.92 Å². The number of likely N-dealkylation sites (tertiary alicyclic amines) is 1. The number of nitrogens with zero attached hydrogens (tertiary/aromatic N) is 3. The predicted molar refractivity (Wildman–Crippen MR) is 97.5 cm³/mol. The molecule has 2 aliphatic rings. The van der Waals surface area contributed by atoms with Crippen LogP contribution in [-0.4, -0.2) is 54.6 Å². The summed E-state index contributed by atoms with van der Waals surface area (Å²) in [6.07, 6.45) is 0.507. The second-order valence-electron chi connectivity index (χ2n) is 7.33. The Morgan fingerprint density at radius 1 is 1.30 bits per heavy atom. The van der Waals surface area contributed by atoms with Crippen molar-refractivity contribution in [1.29, 1.82) is 0 Å². The first-order valence-corrected chi connectivity index (χ1v) is 9.69. The van der Waals surface area contributed by atoms with E-state index in [-0.39, 0.29) is 24.2 Å². The molecule has 0 aromatic carbocycles. The third kappa shape index (κ3) is 4.72. The first-order chi connectivity index (χ1) is 12.9. The van der Waals surface area contributed by atoms with Gasteiger partial charge in [-0.05, 0) is 50.9 Å². The minimum absolute atomic E-state index is 0.0628. The summed E-state index contributed by atoms with van der Waals surface area (Å²) in [6, 6.07) is 2.71. The molecule has 0 aliphatic carbocycles. The topological polar surface area (TPSA) is 48.5 Å². The number of nitrogens with one attached hydrogen (secondary N) is 1. The number of carbonyl (C=O) groups is 1. The van der Waals surface area contributed by atoms with Crippen LogP contribution in [0.2, 0.25) is 0 Å². The largest absolute Gasteiger partial charge is 0.419 e. The van der Waals surface area contributed by atoms with Crippen molar-refractivity contribution < 1.29 is 18.0 Å². The molecule has 3 rings (SSSR count). The van der Waals surface area contributed by atoms with Crippen molar-refractivity contribution in [2.45, 2.75) is 44.8 Å². The highest BCUT2D eigenvalue weighted by Crippen LogP contribution is 2.36. The Morgan fingerprint density at radius 2 is 2.07 bits per heavy atom. The highest BCUT2D eigenvalue weighted by atomic mass is 19.4. The molecule has 0 unspecified atom stereocenters. The van der Waals surface area contributed by atoms with Crippen LogP contribution >= 0.6 is 0 Å². The molecule has 2 fully saturated rings. The quantitative estimate of drug-likeness (QED) is 0.848. The monoisotopic (exact) mass is 384 g/mol. The smallest absolute Gasteiger partial charge is 0.355 e. The van der Waals surface area contributed by atoms with Crippen molar-refractivity contribution >= 4 is 11.7 Å². The Kier molecular flexibility index (Phi) is 6.24. The van der Waals surface area contributed by atoms with Gasteiger partial charge in [0.1, 0.15) is 5.82 Å². The first-order valence-electron chi connectivity index (χ1n) is 9.69. The summed E-state index contributed by atoms with van der Waals surface area (Å²) in [5.41, 5.74) is -0.740. The van der Waals surface area contributed by atoms with Crippen molar-refractivity contribution in [1.82, 2.24) is 15.2 Å². The van der Waals surface area contributed by atoms with Crippen LogP contribution in [0.1, 0.15) is 38.2 Å². The number of halogens is 3. The van der Waals surface area contributed by atoms with Gasteiger partial charge in [0.25, 0.3) is 0 Å². The minimum atomic E-state index is -4.45. The number of rotatable bonds is 5. The molecular weight excluding hydrogens is 357 g/mol. The Hall–Kier alpha value is -1.83. The third-order valence-corrected chi connectivity index (χ3v) is 5.60. The molecule has 0 bridgehead atoms. The summed E-state index contributed by atoms with van der Waals surface area (Å²) in [4.78, 5) is 20.5. The van der Waals surface area contributed by atoms with Gasteiger partial charge < -0.3 is 10.2 Å². The van der Waals surface area contributed by atoms with Crippen LogP contribution in [0.15, 0.2) is 18.3 Å². The lowest BCUT2D eigenvalue weighted by Gasteiger charge is -2.34. The normalized spacial score (nSPS) is 24.2. The number of alkyl halides is 3. The van der Waals surface area contributed by atoms with Gasteiger partial charge in [-0.25, -0.2) is 4.98 Å². The lowest BCUT2D eigenvalue weighted by Crippen LogP contribution is -2.47. The molecule has 2 saturated heterocycles. The predicted octanol–water partition coefficient (Wildman–Crippen LogP) is 2.92. The minimum Gasteiger partial charge on any atom is -0.355 e. The Balaban J connectivity index is 1.62. The third-order valence-electron chi connectivity index (χ3n) is 5.60. The molecule has 5 nitrogen and oxygen atoms in total. The number of pyridine rings is 1. The van der Waals surface area contributed by atoms with Crippen LogP contribution in [0.25, 0.3) is 0 Å². The van der Waals surface area contributed by atoms with E-state index in [1.807, 2.05) is 0 Å². The molecule has 8 heteroatoms. The number of hydrogen-bond acceptors (Lipinski definition) is 4. The fourth-order valence-electron chi connectivity index (χ4n) is 4.16. The van der Waals surface area contributed by atoms with E-state index in [0.717, 1.165) is 32.0 Å². The van der Waals surface area contributed by atoms with E-state index in [0.29, 0.717) is 32.0 Å². The van der Waals surface area contributed by atoms with Gasteiger partial charge in [0.05, 0.1) is 11.5 Å². The molecule has 0 saturated carbocycles. The first kappa shape index (κ1) is 19.9. The fraction of sp³-hybridized carbons (Fsp3) is 0.684. The molecule has 150 valence electrons. The molecule has 27 heavy (non-hydrogen) atoms. The van der Waals surface area contributed by atoms with E-state index in [9.17, 15) is 18.0 Å². The van der Waals surface area contributed by atoms with E-state index < -0.39 is 11.7 Å². The number of amides is 1. The lowest BCUT2D eigenvalue weighted by atomic mass is 9.96. The zero-order valence-corrected chi connectivity index (χ0v) is 15.6. The fourth-order valence-corrected chi connectivity index (χ4v) is 4.16. The Morgan fingerprint density at radius 3 is 2.81 bits per heavy atom. The van der Waals surface area contributed by atoms with Gasteiger partial charge in [-0.1, -0.05) is 6.92 Å². The molecule has 1 aromatic rings. The second kappa shape index (κ2) is 8.46. The Labute approximate surface area is 157 Å². The molecule has 1 aromatic heterocycles. The van der Waals surface area contributed by atoms with Gasteiger partial charge in [0.2, 0.25) is 5.91 Å². The zero-order chi connectivity index (χ0) is 19.4. The summed E-state index contributed by atoms with van der Waals surface area (Å²) in [7, 11) is 0. The summed E-state index contributed by atoms with van der Waals surface area (Å²) in [5.74, 6) is -0.444. The van der Waals surface area contributed by atoms with E-state index in [1.54, 1.807) is 4.90 Å². The maximum atomic E-state index is 13.3. The average Bonchev–Trinajstić information content (AvgIpc) is 3.13. The van der Waals surface area contributed by atoms with Gasteiger partial charge in [-0.3, -0.25) is 9.69 Å². The SMILES string of the molecule is CCN1CCC[C@@H]1CNC(=O)[C@H]1CCCN(c2ncccc2C(F)(F)F)C1. The maximum Gasteiger partial charge on any atom is 0.419 e. The molecule has 1 N–H and O–H groups in total. The van der Waals surface area contributed by atoms with Crippen molar-refractivity contribution in [3.63, 3.8) is 0 Å². The lowest BCUT2D eigenvalue weighted by molar-refractivity contribution is -0.137. The Bertz CT molecular complexity index is 652. The molecule has 2 atom stereocenters. The van der Waals surface area contributed by atoms with Gasteiger partial charge in [0.15, 0.2) is 0 Å². The highest BCUT2D eigenvalue weighted by molar-refractivity contribution is 5.79. The molecule has 2 aliphatic heterocycles.